The van der Waals surface area contributed by atoms with Gasteiger partial charge in [0.05, 0.1) is 13.0 Å². The number of amides is 2. The largest absolute Gasteiger partial charge is 0.435 e. The zero-order chi connectivity index (χ0) is 19.1. The molecule has 0 aliphatic carbocycles. The molecule has 2 aromatic rings. The van der Waals surface area contributed by atoms with E-state index in [0.717, 1.165) is 16.8 Å². The van der Waals surface area contributed by atoms with Crippen LogP contribution in [0.1, 0.15) is 16.7 Å². The van der Waals surface area contributed by atoms with Crippen molar-refractivity contribution in [1.29, 1.82) is 0 Å². The topological polar surface area (TPSA) is 67.4 Å². The molecule has 138 valence electrons. The van der Waals surface area contributed by atoms with E-state index < -0.39 is 6.61 Å². The van der Waals surface area contributed by atoms with Crippen molar-refractivity contribution in [3.63, 3.8) is 0 Å². The van der Waals surface area contributed by atoms with Crippen LogP contribution < -0.4 is 15.4 Å². The van der Waals surface area contributed by atoms with Crippen molar-refractivity contribution in [1.82, 2.24) is 5.32 Å². The van der Waals surface area contributed by atoms with Gasteiger partial charge in [-0.1, -0.05) is 30.3 Å². The van der Waals surface area contributed by atoms with Crippen LogP contribution in [0, 0.1) is 13.8 Å². The molecule has 0 atom stereocenters. The van der Waals surface area contributed by atoms with Gasteiger partial charge >= 0.3 is 6.61 Å². The molecular weight excluding hydrogens is 342 g/mol. The van der Waals surface area contributed by atoms with Gasteiger partial charge in [-0.3, -0.25) is 9.59 Å². The Morgan fingerprint density at radius 3 is 2.19 bits per heavy atom. The minimum atomic E-state index is -2.89. The summed E-state index contributed by atoms with van der Waals surface area (Å²) in [6.07, 6.45) is 0.0334. The van der Waals surface area contributed by atoms with Gasteiger partial charge in [-0.25, -0.2) is 0 Å². The minimum Gasteiger partial charge on any atom is -0.435 e. The lowest BCUT2D eigenvalue weighted by Gasteiger charge is -2.12. The van der Waals surface area contributed by atoms with Gasteiger partial charge in [-0.15, -0.1) is 0 Å². The molecule has 0 fully saturated rings. The predicted octanol–water partition coefficient (Wildman–Crippen LogP) is 3.20. The van der Waals surface area contributed by atoms with E-state index in [1.54, 1.807) is 0 Å². The highest BCUT2D eigenvalue weighted by Crippen LogP contribution is 2.19. The normalized spacial score (nSPS) is 10.5. The fraction of sp³-hybridized carbons (Fsp3) is 0.263. The molecule has 2 N–H and O–H groups in total. The Labute approximate surface area is 150 Å². The Bertz CT molecular complexity index is 757. The number of nitrogens with one attached hydrogen (secondary N) is 2. The molecule has 0 aliphatic heterocycles. The molecule has 5 nitrogen and oxygen atoms in total. The molecule has 0 spiro atoms. The molecule has 0 heterocycles. The summed E-state index contributed by atoms with van der Waals surface area (Å²) in [5, 5.41) is 5.32. The molecule has 0 radical (unpaired) electrons. The molecule has 0 saturated carbocycles. The van der Waals surface area contributed by atoms with Gasteiger partial charge in [0.25, 0.3) is 0 Å². The lowest BCUT2D eigenvalue weighted by Crippen LogP contribution is -2.34. The lowest BCUT2D eigenvalue weighted by molar-refractivity contribution is -0.123. The summed E-state index contributed by atoms with van der Waals surface area (Å²) in [5.41, 5.74) is 3.24. The van der Waals surface area contributed by atoms with Crippen molar-refractivity contribution >= 4 is 17.5 Å². The zero-order valence-corrected chi connectivity index (χ0v) is 14.5. The van der Waals surface area contributed by atoms with Crippen molar-refractivity contribution in [2.75, 3.05) is 11.9 Å². The fourth-order valence-electron chi connectivity index (χ4n) is 2.41. The minimum absolute atomic E-state index is 0.0251. The Balaban J connectivity index is 1.82. The average Bonchev–Trinajstić information content (AvgIpc) is 2.58. The van der Waals surface area contributed by atoms with Gasteiger partial charge in [-0.2, -0.15) is 8.78 Å². The van der Waals surface area contributed by atoms with E-state index in [1.807, 2.05) is 32.0 Å². The molecule has 7 heteroatoms. The summed E-state index contributed by atoms with van der Waals surface area (Å²) in [5.74, 6) is -0.641. The van der Waals surface area contributed by atoms with Crippen LogP contribution in [0.2, 0.25) is 0 Å². The number of para-hydroxylation sites is 1. The number of carbonyl (C=O) groups excluding carboxylic acids is 2. The number of alkyl halides is 2. The standard InChI is InChI=1S/C19H20F2N2O3/c1-12-4-3-5-13(2)18(12)23-17(25)11-22-16(24)10-14-6-8-15(9-7-14)26-19(20)21/h3-9,19H,10-11H2,1-2H3,(H,22,24)(H,23,25). The number of ether oxygens (including phenoxy) is 1. The molecule has 0 unspecified atom stereocenters. The maximum Gasteiger partial charge on any atom is 0.387 e. The third-order valence-corrected chi connectivity index (χ3v) is 3.70. The van der Waals surface area contributed by atoms with Crippen LogP contribution in [0.3, 0.4) is 0 Å². The van der Waals surface area contributed by atoms with Crippen molar-refractivity contribution in [3.8, 4) is 5.75 Å². The van der Waals surface area contributed by atoms with Crippen LogP contribution in [0.5, 0.6) is 5.75 Å². The Morgan fingerprint density at radius 1 is 1.00 bits per heavy atom. The van der Waals surface area contributed by atoms with E-state index in [-0.39, 0.29) is 30.5 Å². The van der Waals surface area contributed by atoms with Crippen molar-refractivity contribution in [2.24, 2.45) is 0 Å². The Kier molecular flexibility index (Phi) is 6.66. The first-order chi connectivity index (χ1) is 12.3. The number of hydrogen-bond donors (Lipinski definition) is 2. The highest BCUT2D eigenvalue weighted by atomic mass is 19.3. The van der Waals surface area contributed by atoms with Crippen LogP contribution in [-0.2, 0) is 16.0 Å². The fourth-order valence-corrected chi connectivity index (χ4v) is 2.41. The highest BCUT2D eigenvalue weighted by molar-refractivity contribution is 5.95. The van der Waals surface area contributed by atoms with E-state index in [1.165, 1.54) is 24.3 Å². The first kappa shape index (κ1) is 19.4. The summed E-state index contributed by atoms with van der Waals surface area (Å²) in [6, 6.07) is 11.5. The number of carbonyl (C=O) groups is 2. The number of hydrogen-bond acceptors (Lipinski definition) is 3. The molecule has 26 heavy (non-hydrogen) atoms. The Hall–Kier alpha value is -2.96. The molecule has 2 aromatic carbocycles. The summed E-state index contributed by atoms with van der Waals surface area (Å²) in [4.78, 5) is 23.9. The molecule has 0 aromatic heterocycles. The average molecular weight is 362 g/mol. The van der Waals surface area contributed by atoms with E-state index in [4.69, 9.17) is 0 Å². The van der Waals surface area contributed by atoms with Gasteiger partial charge in [0.1, 0.15) is 5.75 Å². The third kappa shape index (κ3) is 5.84. The number of rotatable bonds is 7. The van der Waals surface area contributed by atoms with Crippen LogP contribution >= 0.6 is 0 Å². The van der Waals surface area contributed by atoms with Gasteiger partial charge < -0.3 is 15.4 Å². The molecular formula is C19H20F2N2O3. The predicted molar refractivity (Wildman–Crippen MR) is 94.3 cm³/mol. The number of anilines is 1. The van der Waals surface area contributed by atoms with E-state index in [9.17, 15) is 18.4 Å². The van der Waals surface area contributed by atoms with Crippen LogP contribution in [0.15, 0.2) is 42.5 Å². The SMILES string of the molecule is Cc1cccc(C)c1NC(=O)CNC(=O)Cc1ccc(OC(F)F)cc1. The van der Waals surface area contributed by atoms with Gasteiger partial charge in [0, 0.05) is 5.69 Å². The summed E-state index contributed by atoms with van der Waals surface area (Å²) in [7, 11) is 0. The van der Waals surface area contributed by atoms with Gasteiger partial charge in [0.15, 0.2) is 0 Å². The second-order valence-corrected chi connectivity index (χ2v) is 5.79. The van der Waals surface area contributed by atoms with Crippen LogP contribution in [-0.4, -0.2) is 25.0 Å². The van der Waals surface area contributed by atoms with E-state index >= 15 is 0 Å². The third-order valence-electron chi connectivity index (χ3n) is 3.70. The van der Waals surface area contributed by atoms with Crippen molar-refractivity contribution in [3.05, 3.63) is 59.2 Å². The first-order valence-corrected chi connectivity index (χ1v) is 8.01. The molecule has 2 amide bonds. The molecule has 0 bridgehead atoms. The monoisotopic (exact) mass is 362 g/mol. The number of benzene rings is 2. The molecule has 0 saturated heterocycles. The lowest BCUT2D eigenvalue weighted by atomic mass is 10.1. The van der Waals surface area contributed by atoms with Crippen LogP contribution in [0.4, 0.5) is 14.5 Å². The van der Waals surface area contributed by atoms with Gasteiger partial charge in [0.2, 0.25) is 11.8 Å². The summed E-state index contributed by atoms with van der Waals surface area (Å²) < 4.78 is 28.4. The zero-order valence-electron chi connectivity index (χ0n) is 14.5. The first-order valence-electron chi connectivity index (χ1n) is 8.01. The number of aryl methyl sites for hydroxylation is 2. The maximum atomic E-state index is 12.1. The second kappa shape index (κ2) is 8.94. The quantitative estimate of drug-likeness (QED) is 0.795. The maximum absolute atomic E-state index is 12.1. The van der Waals surface area contributed by atoms with E-state index in [2.05, 4.69) is 15.4 Å². The van der Waals surface area contributed by atoms with Crippen molar-refractivity contribution < 1.29 is 23.1 Å². The molecule has 0 aliphatic rings. The Morgan fingerprint density at radius 2 is 1.62 bits per heavy atom. The second-order valence-electron chi connectivity index (χ2n) is 5.79. The highest BCUT2D eigenvalue weighted by Gasteiger charge is 2.10. The molecule has 2 rings (SSSR count). The van der Waals surface area contributed by atoms with E-state index in [0.29, 0.717) is 5.56 Å². The summed E-state index contributed by atoms with van der Waals surface area (Å²) >= 11 is 0. The summed E-state index contributed by atoms with van der Waals surface area (Å²) in [6.45, 7) is 0.740. The smallest absolute Gasteiger partial charge is 0.387 e. The number of halogens is 2. The van der Waals surface area contributed by atoms with Crippen molar-refractivity contribution in [2.45, 2.75) is 26.9 Å². The van der Waals surface area contributed by atoms with Crippen LogP contribution in [0.25, 0.3) is 0 Å². The van der Waals surface area contributed by atoms with Gasteiger partial charge in [-0.05, 0) is 42.7 Å².